The quantitative estimate of drug-likeness (QED) is 0.831. The fourth-order valence-electron chi connectivity index (χ4n) is 3.06. The van der Waals surface area contributed by atoms with E-state index in [2.05, 4.69) is 0 Å². The third-order valence-electron chi connectivity index (χ3n) is 4.00. The molecule has 106 valence electrons. The van der Waals surface area contributed by atoms with E-state index in [0.717, 1.165) is 24.1 Å². The fourth-order valence-corrected chi connectivity index (χ4v) is 3.06. The van der Waals surface area contributed by atoms with Crippen molar-refractivity contribution in [3.63, 3.8) is 0 Å². The third kappa shape index (κ3) is 2.08. The molecule has 2 amide bonds. The number of para-hydroxylation sites is 1. The van der Waals surface area contributed by atoms with Gasteiger partial charge in [-0.1, -0.05) is 18.2 Å². The van der Waals surface area contributed by atoms with Crippen molar-refractivity contribution in [2.75, 3.05) is 25.1 Å². The second-order valence-corrected chi connectivity index (χ2v) is 5.23. The number of methoxy groups -OCH3 is 1. The van der Waals surface area contributed by atoms with Crippen LogP contribution >= 0.6 is 0 Å². The Morgan fingerprint density at radius 2 is 2.10 bits per heavy atom. The number of amides is 2. The molecule has 0 aromatic heterocycles. The van der Waals surface area contributed by atoms with Gasteiger partial charge in [0, 0.05) is 24.9 Å². The van der Waals surface area contributed by atoms with Gasteiger partial charge in [0.25, 0.3) is 0 Å². The average Bonchev–Trinajstić information content (AvgIpc) is 2.94. The van der Waals surface area contributed by atoms with Crippen molar-refractivity contribution >= 4 is 17.5 Å². The number of carbonyl (C=O) groups excluding carboxylic acids is 2. The van der Waals surface area contributed by atoms with Crippen LogP contribution in [0.15, 0.2) is 24.3 Å². The maximum absolute atomic E-state index is 12.6. The number of piperazine rings is 1. The number of nitrogens with zero attached hydrogens (tertiary/aromatic N) is 2. The van der Waals surface area contributed by atoms with Crippen molar-refractivity contribution in [2.24, 2.45) is 0 Å². The van der Waals surface area contributed by atoms with E-state index in [4.69, 9.17) is 4.74 Å². The first-order valence-corrected chi connectivity index (χ1v) is 6.90. The minimum Gasteiger partial charge on any atom is -0.380 e. The smallest absolute Gasteiger partial charge is 0.250 e. The summed E-state index contributed by atoms with van der Waals surface area (Å²) in [6.45, 7) is 1.28. The molecule has 20 heavy (non-hydrogen) atoms. The highest BCUT2D eigenvalue weighted by Crippen LogP contribution is 2.29. The van der Waals surface area contributed by atoms with Crippen LogP contribution in [0, 0.1) is 0 Å². The molecule has 2 aliphatic rings. The Kier molecular flexibility index (Phi) is 3.44. The highest BCUT2D eigenvalue weighted by Gasteiger charge is 2.42. The minimum atomic E-state index is -0.271. The Balaban J connectivity index is 1.94. The number of fused-ring (bicyclic) bond motifs is 1. The average molecular weight is 274 g/mol. The van der Waals surface area contributed by atoms with Gasteiger partial charge in [0.1, 0.15) is 12.6 Å². The zero-order valence-corrected chi connectivity index (χ0v) is 11.5. The normalized spacial score (nSPS) is 22.4. The van der Waals surface area contributed by atoms with E-state index in [9.17, 15) is 9.59 Å². The maximum atomic E-state index is 12.6. The van der Waals surface area contributed by atoms with Gasteiger partial charge in [0.2, 0.25) is 11.8 Å². The van der Waals surface area contributed by atoms with Gasteiger partial charge in [-0.3, -0.25) is 9.59 Å². The molecule has 2 heterocycles. The Bertz CT molecular complexity index is 544. The summed E-state index contributed by atoms with van der Waals surface area (Å²) in [6, 6.07) is 7.33. The van der Waals surface area contributed by atoms with Crippen LogP contribution in [0.4, 0.5) is 5.69 Å². The third-order valence-corrected chi connectivity index (χ3v) is 4.00. The molecule has 2 fully saturated rings. The van der Waals surface area contributed by atoms with E-state index < -0.39 is 0 Å². The molecular formula is C15H18N2O3. The van der Waals surface area contributed by atoms with Crippen LogP contribution in [0.25, 0.3) is 0 Å². The molecule has 0 N–H and O–H groups in total. The zero-order chi connectivity index (χ0) is 14.1. The van der Waals surface area contributed by atoms with Crippen LogP contribution in [0.5, 0.6) is 0 Å². The highest BCUT2D eigenvalue weighted by atomic mass is 16.5. The van der Waals surface area contributed by atoms with E-state index >= 15 is 0 Å². The van der Waals surface area contributed by atoms with Crippen LogP contribution in [0.3, 0.4) is 0 Å². The first-order chi connectivity index (χ1) is 9.72. The molecule has 1 unspecified atom stereocenters. The number of hydrogen-bond acceptors (Lipinski definition) is 3. The second kappa shape index (κ2) is 5.25. The molecule has 0 saturated carbocycles. The summed E-state index contributed by atoms with van der Waals surface area (Å²) in [4.78, 5) is 28.1. The molecule has 1 aromatic rings. The van der Waals surface area contributed by atoms with Crippen LogP contribution in [-0.2, 0) is 20.9 Å². The van der Waals surface area contributed by atoms with E-state index in [1.54, 1.807) is 16.9 Å². The molecule has 0 spiro atoms. The lowest BCUT2D eigenvalue weighted by Crippen LogP contribution is -2.57. The Morgan fingerprint density at radius 3 is 2.90 bits per heavy atom. The lowest BCUT2D eigenvalue weighted by atomic mass is 10.1. The Morgan fingerprint density at radius 1 is 1.30 bits per heavy atom. The lowest BCUT2D eigenvalue weighted by molar-refractivity contribution is -0.140. The van der Waals surface area contributed by atoms with Gasteiger partial charge in [-0.05, 0) is 18.9 Å². The van der Waals surface area contributed by atoms with Gasteiger partial charge in [0.05, 0.1) is 6.61 Å². The predicted molar refractivity (Wildman–Crippen MR) is 74.2 cm³/mol. The van der Waals surface area contributed by atoms with Crippen LogP contribution in [0.1, 0.15) is 18.4 Å². The first kappa shape index (κ1) is 13.1. The summed E-state index contributed by atoms with van der Waals surface area (Å²) in [5.41, 5.74) is 1.72. The van der Waals surface area contributed by atoms with Crippen molar-refractivity contribution < 1.29 is 14.3 Å². The number of hydrogen-bond donors (Lipinski definition) is 0. The first-order valence-electron chi connectivity index (χ1n) is 6.90. The van der Waals surface area contributed by atoms with Gasteiger partial charge < -0.3 is 14.5 Å². The summed E-state index contributed by atoms with van der Waals surface area (Å²) < 4.78 is 5.17. The Labute approximate surface area is 118 Å². The number of rotatable bonds is 3. The van der Waals surface area contributed by atoms with Crippen LogP contribution in [-0.4, -0.2) is 43.0 Å². The van der Waals surface area contributed by atoms with Crippen molar-refractivity contribution in [1.29, 1.82) is 0 Å². The molecule has 1 aromatic carbocycles. The number of carbonyl (C=O) groups is 2. The van der Waals surface area contributed by atoms with Gasteiger partial charge in [0.15, 0.2) is 0 Å². The standard InChI is InChI=1S/C15H18N2O3/c1-20-10-11-5-2-3-6-12(11)17-9-14(18)16-8-4-7-13(16)15(17)19/h2-3,5-6,13H,4,7-10H2,1H3. The largest absolute Gasteiger partial charge is 0.380 e. The maximum Gasteiger partial charge on any atom is 0.250 e. The lowest BCUT2D eigenvalue weighted by Gasteiger charge is -2.37. The number of anilines is 1. The molecule has 2 saturated heterocycles. The molecule has 1 atom stereocenters. The number of benzene rings is 1. The van der Waals surface area contributed by atoms with Gasteiger partial charge in [-0.25, -0.2) is 0 Å². The zero-order valence-electron chi connectivity index (χ0n) is 11.5. The molecule has 0 radical (unpaired) electrons. The number of ether oxygens (including phenoxy) is 1. The molecule has 3 rings (SSSR count). The monoisotopic (exact) mass is 274 g/mol. The van der Waals surface area contributed by atoms with E-state index in [1.807, 2.05) is 24.3 Å². The van der Waals surface area contributed by atoms with Gasteiger partial charge in [-0.15, -0.1) is 0 Å². The second-order valence-electron chi connectivity index (χ2n) is 5.23. The molecule has 5 heteroatoms. The van der Waals surface area contributed by atoms with Crippen LogP contribution in [0.2, 0.25) is 0 Å². The van der Waals surface area contributed by atoms with Crippen molar-refractivity contribution in [3.8, 4) is 0 Å². The molecule has 5 nitrogen and oxygen atoms in total. The summed E-state index contributed by atoms with van der Waals surface area (Å²) in [5.74, 6) is 0.0740. The predicted octanol–water partition coefficient (Wildman–Crippen LogP) is 1.17. The Hall–Kier alpha value is -1.88. The fraction of sp³-hybridized carbons (Fsp3) is 0.467. The van der Waals surface area contributed by atoms with Crippen molar-refractivity contribution in [1.82, 2.24) is 4.90 Å². The topological polar surface area (TPSA) is 49.9 Å². The SMILES string of the molecule is COCc1ccccc1N1CC(=O)N2CCCC2C1=O. The molecular weight excluding hydrogens is 256 g/mol. The highest BCUT2D eigenvalue weighted by molar-refractivity contribution is 6.07. The molecule has 2 aliphatic heterocycles. The van der Waals surface area contributed by atoms with E-state index in [0.29, 0.717) is 13.2 Å². The summed E-state index contributed by atoms with van der Waals surface area (Å²) in [6.07, 6.45) is 1.68. The van der Waals surface area contributed by atoms with E-state index in [1.165, 1.54) is 0 Å². The molecule has 0 aliphatic carbocycles. The minimum absolute atomic E-state index is 0.0330. The summed E-state index contributed by atoms with van der Waals surface area (Å²) in [5, 5.41) is 0. The molecule has 0 bridgehead atoms. The van der Waals surface area contributed by atoms with E-state index in [-0.39, 0.29) is 24.4 Å². The summed E-state index contributed by atoms with van der Waals surface area (Å²) >= 11 is 0. The van der Waals surface area contributed by atoms with Gasteiger partial charge >= 0.3 is 0 Å². The summed E-state index contributed by atoms with van der Waals surface area (Å²) in [7, 11) is 1.62. The van der Waals surface area contributed by atoms with Crippen molar-refractivity contribution in [3.05, 3.63) is 29.8 Å². The van der Waals surface area contributed by atoms with Crippen molar-refractivity contribution in [2.45, 2.75) is 25.5 Å². The van der Waals surface area contributed by atoms with Crippen LogP contribution < -0.4 is 4.90 Å². The van der Waals surface area contributed by atoms with Gasteiger partial charge in [-0.2, -0.15) is 0 Å².